The van der Waals surface area contributed by atoms with Crippen LogP contribution < -0.4 is 0 Å². The lowest BCUT2D eigenvalue weighted by Gasteiger charge is -2.48. The third kappa shape index (κ3) is 1.36. The molecule has 2 aliphatic rings. The lowest BCUT2D eigenvalue weighted by Crippen LogP contribution is -2.39. The fraction of sp³-hybridized carbons (Fsp3) is 0.889. The Labute approximate surface area is 78.6 Å². The maximum Gasteiger partial charge on any atom is 0.0699 e. The zero-order valence-corrected chi connectivity index (χ0v) is 9.61. The minimum absolute atomic E-state index is 0.167. The van der Waals surface area contributed by atoms with Crippen molar-refractivity contribution in [2.75, 3.05) is 0 Å². The van der Waals surface area contributed by atoms with Crippen molar-refractivity contribution >= 4 is 28.8 Å². The van der Waals surface area contributed by atoms with Gasteiger partial charge >= 0.3 is 0 Å². The van der Waals surface area contributed by atoms with E-state index in [0.717, 1.165) is 11.3 Å². The highest BCUT2D eigenvalue weighted by atomic mass is 31.8. The van der Waals surface area contributed by atoms with Crippen molar-refractivity contribution in [3.05, 3.63) is 0 Å². The molecule has 0 aromatic rings. The molecule has 0 spiro atoms. The Morgan fingerprint density at radius 3 is 2.50 bits per heavy atom. The van der Waals surface area contributed by atoms with Gasteiger partial charge in [-0.15, -0.1) is 0 Å². The van der Waals surface area contributed by atoms with Crippen LogP contribution in [0.25, 0.3) is 0 Å². The van der Waals surface area contributed by atoms with Crippen LogP contribution in [-0.4, -0.2) is 19.5 Å². The lowest BCUT2D eigenvalue weighted by molar-refractivity contribution is 0.0924. The van der Waals surface area contributed by atoms with Crippen molar-refractivity contribution < 1.29 is 0 Å². The van der Waals surface area contributed by atoms with E-state index in [1.165, 1.54) is 12.8 Å². The fourth-order valence-electron chi connectivity index (χ4n) is 2.33. The van der Waals surface area contributed by atoms with Gasteiger partial charge in [0.2, 0.25) is 0 Å². The summed E-state index contributed by atoms with van der Waals surface area (Å²) < 4.78 is 0. The normalized spacial score (nSPS) is 52.0. The summed E-state index contributed by atoms with van der Waals surface area (Å²) in [7, 11) is 7.51. The molecule has 64 valence electrons. The summed E-state index contributed by atoms with van der Waals surface area (Å²) in [5, 5.41) is 0.961. The van der Waals surface area contributed by atoms with Crippen molar-refractivity contribution in [2.24, 2.45) is 11.3 Å². The minimum Gasteiger partial charge on any atom is -0.0943 e. The van der Waals surface area contributed by atoms with Crippen LogP contribution in [0.2, 0.25) is 5.82 Å². The third-order valence-electron chi connectivity index (χ3n) is 3.31. The monoisotopic (exact) mass is 196 g/mol. The highest BCUT2D eigenvalue weighted by Crippen LogP contribution is 2.69. The number of hydrogen-bond acceptors (Lipinski definition) is 0. The fourth-order valence-corrected chi connectivity index (χ4v) is 6.97. The molecule has 2 rings (SSSR count). The quantitative estimate of drug-likeness (QED) is 0.468. The van der Waals surface area contributed by atoms with Gasteiger partial charge in [-0.25, -0.2) is 0 Å². The van der Waals surface area contributed by atoms with Crippen molar-refractivity contribution in [3.8, 4) is 0 Å². The second kappa shape index (κ2) is 2.76. The SMILES string of the molecule is [B]C(C)C1CC(C)(C2P=P2=C)C1. The van der Waals surface area contributed by atoms with Crippen molar-refractivity contribution in [1.82, 2.24) is 0 Å². The Bertz CT molecular complexity index is 270. The van der Waals surface area contributed by atoms with Gasteiger partial charge in [-0.05, 0) is 24.2 Å². The molecule has 0 N–H and O–H groups in total. The summed E-state index contributed by atoms with van der Waals surface area (Å²) >= 11 is 0. The van der Waals surface area contributed by atoms with E-state index >= 15 is 0 Å². The van der Waals surface area contributed by atoms with E-state index in [2.05, 4.69) is 20.1 Å². The Morgan fingerprint density at radius 2 is 2.17 bits per heavy atom. The van der Waals surface area contributed by atoms with Crippen LogP contribution in [0, 0.1) is 11.3 Å². The molecule has 0 aromatic heterocycles. The Morgan fingerprint density at radius 1 is 1.67 bits per heavy atom. The maximum absolute atomic E-state index is 5.86. The molecular weight excluding hydrogens is 181 g/mol. The van der Waals surface area contributed by atoms with Crippen LogP contribution in [0.15, 0.2) is 0 Å². The predicted octanol–water partition coefficient (Wildman–Crippen LogP) is 3.49. The molecule has 1 aliphatic heterocycles. The van der Waals surface area contributed by atoms with Gasteiger partial charge in [-0.1, -0.05) is 40.7 Å². The number of rotatable bonds is 2. The zero-order valence-electron chi connectivity index (χ0n) is 7.83. The van der Waals surface area contributed by atoms with Gasteiger partial charge in [0, 0.05) is 0 Å². The number of hydrogen-bond donors (Lipinski definition) is 0. The Balaban J connectivity index is 1.90. The molecule has 1 aliphatic carbocycles. The molecule has 0 nitrogen and oxygen atoms in total. The second-order valence-corrected chi connectivity index (χ2v) is 9.39. The van der Waals surface area contributed by atoms with Gasteiger partial charge in [0.15, 0.2) is 0 Å². The molecule has 1 fully saturated rings. The lowest BCUT2D eigenvalue weighted by atomic mass is 9.56. The molecule has 1 heterocycles. The average Bonchev–Trinajstić information content (AvgIpc) is 2.59. The summed E-state index contributed by atoms with van der Waals surface area (Å²) in [6.45, 7) is 4.74. The van der Waals surface area contributed by atoms with E-state index in [1.54, 1.807) is 7.87 Å². The van der Waals surface area contributed by atoms with Gasteiger partial charge in [-0.3, -0.25) is 0 Å². The molecule has 0 bridgehead atoms. The second-order valence-electron chi connectivity index (χ2n) is 4.61. The van der Waals surface area contributed by atoms with E-state index in [-0.39, 0.29) is 6.83 Å². The van der Waals surface area contributed by atoms with E-state index in [1.807, 2.05) is 0 Å². The first-order valence-corrected chi connectivity index (χ1v) is 7.85. The van der Waals surface area contributed by atoms with Crippen LogP contribution >= 0.6 is 14.7 Å². The van der Waals surface area contributed by atoms with Gasteiger partial charge < -0.3 is 0 Å². The molecule has 0 aromatic carbocycles. The highest BCUT2D eigenvalue weighted by Gasteiger charge is 2.49. The minimum atomic E-state index is 0.167. The van der Waals surface area contributed by atoms with Crippen LogP contribution in [0.3, 0.4) is 0 Å². The summed E-state index contributed by atoms with van der Waals surface area (Å²) in [6.07, 6.45) is 6.89. The average molecular weight is 196 g/mol. The maximum atomic E-state index is 5.86. The molecule has 3 unspecified atom stereocenters. The molecule has 2 radical (unpaired) electrons. The standard InChI is InChI=1S/C9H15BP2/c1-6(10)7-4-9(2,5-7)8-11-12(8)3/h6-8H,3-5H2,1-2H3. The summed E-state index contributed by atoms with van der Waals surface area (Å²) in [6, 6.07) is 0. The van der Waals surface area contributed by atoms with Crippen LogP contribution in [-0.2, 0) is 0 Å². The molecule has 0 amide bonds. The Hall–Kier alpha value is 0.535. The summed E-state index contributed by atoms with van der Waals surface area (Å²) in [5.41, 5.74) is 0.632. The molecule has 1 saturated carbocycles. The highest BCUT2D eigenvalue weighted by molar-refractivity contribution is 8.10. The van der Waals surface area contributed by atoms with E-state index in [4.69, 9.17) is 7.85 Å². The zero-order chi connectivity index (χ0) is 8.93. The first kappa shape index (κ1) is 9.10. The molecule has 12 heavy (non-hydrogen) atoms. The van der Waals surface area contributed by atoms with E-state index < -0.39 is 0 Å². The van der Waals surface area contributed by atoms with Crippen molar-refractivity contribution in [3.63, 3.8) is 0 Å². The van der Waals surface area contributed by atoms with Gasteiger partial charge in [-0.2, -0.15) is 0 Å². The van der Waals surface area contributed by atoms with Crippen molar-refractivity contribution in [2.45, 2.75) is 37.9 Å². The van der Waals surface area contributed by atoms with E-state index in [0.29, 0.717) is 11.2 Å². The van der Waals surface area contributed by atoms with Crippen LogP contribution in [0.1, 0.15) is 26.7 Å². The first-order valence-electron chi connectivity index (χ1n) is 4.59. The first-order chi connectivity index (χ1) is 5.53. The smallest absolute Gasteiger partial charge is 0.0699 e. The molecular formula is C9H15BP2. The van der Waals surface area contributed by atoms with Crippen LogP contribution in [0.4, 0.5) is 0 Å². The van der Waals surface area contributed by atoms with Crippen LogP contribution in [0.5, 0.6) is 0 Å². The summed E-state index contributed by atoms with van der Waals surface area (Å²) in [4.78, 5) is 0. The molecule has 0 saturated heterocycles. The van der Waals surface area contributed by atoms with Crippen molar-refractivity contribution in [1.29, 1.82) is 0 Å². The molecule has 3 heteroatoms. The molecule has 3 atom stereocenters. The third-order valence-corrected chi connectivity index (χ3v) is 7.89. The van der Waals surface area contributed by atoms with E-state index in [9.17, 15) is 0 Å². The largest absolute Gasteiger partial charge is 0.0943 e. The topological polar surface area (TPSA) is 0 Å². The van der Waals surface area contributed by atoms with Gasteiger partial charge in [0.05, 0.1) is 13.2 Å². The van der Waals surface area contributed by atoms with Gasteiger partial charge in [0.1, 0.15) is 0 Å². The summed E-state index contributed by atoms with van der Waals surface area (Å²) in [5.74, 6) is 1.21. The predicted molar refractivity (Wildman–Crippen MR) is 60.8 cm³/mol. The Kier molecular flexibility index (Phi) is 2.09. The van der Waals surface area contributed by atoms with Gasteiger partial charge in [0.25, 0.3) is 0 Å².